The SMILES string of the molecule is COC(=O)N1CCC2(C1)CN(C(=O)Nc1ncc(OC)s1)c1ccc(Cl)cc12. The van der Waals surface area contributed by atoms with Crippen LogP contribution in [-0.2, 0) is 10.2 Å². The van der Waals surface area contributed by atoms with Crippen LogP contribution in [0, 0.1) is 0 Å². The maximum absolute atomic E-state index is 13.0. The normalized spacial score (nSPS) is 20.4. The summed E-state index contributed by atoms with van der Waals surface area (Å²) in [6.45, 7) is 1.49. The fourth-order valence-corrected chi connectivity index (χ4v) is 4.69. The predicted octanol–water partition coefficient (Wildman–Crippen LogP) is 3.57. The number of nitrogens with one attached hydrogen (secondary N) is 1. The number of fused-ring (bicyclic) bond motifs is 2. The molecule has 0 saturated carbocycles. The van der Waals surface area contributed by atoms with Crippen LogP contribution in [0.4, 0.5) is 20.4 Å². The number of ether oxygens (including phenoxy) is 2. The van der Waals surface area contributed by atoms with E-state index in [2.05, 4.69) is 10.3 Å². The summed E-state index contributed by atoms with van der Waals surface area (Å²) in [4.78, 5) is 32.5. The molecule has 1 saturated heterocycles. The molecular formula is C18H19ClN4O4S. The highest BCUT2D eigenvalue weighted by molar-refractivity contribution is 7.17. The van der Waals surface area contributed by atoms with Crippen molar-refractivity contribution in [1.82, 2.24) is 9.88 Å². The van der Waals surface area contributed by atoms with Crippen molar-refractivity contribution in [3.63, 3.8) is 0 Å². The van der Waals surface area contributed by atoms with Crippen molar-refractivity contribution in [2.75, 3.05) is 44.1 Å². The van der Waals surface area contributed by atoms with Crippen molar-refractivity contribution in [1.29, 1.82) is 0 Å². The number of likely N-dealkylation sites (tertiary alicyclic amines) is 1. The lowest BCUT2D eigenvalue weighted by Crippen LogP contribution is -2.41. The van der Waals surface area contributed by atoms with E-state index in [0.717, 1.165) is 17.7 Å². The Balaban J connectivity index is 1.62. The van der Waals surface area contributed by atoms with E-state index in [1.54, 1.807) is 29.2 Å². The molecule has 2 aliphatic heterocycles. The van der Waals surface area contributed by atoms with Gasteiger partial charge in [-0.25, -0.2) is 14.6 Å². The first-order valence-corrected chi connectivity index (χ1v) is 9.86. The molecule has 1 aromatic heterocycles. The first-order chi connectivity index (χ1) is 13.5. The molecule has 0 bridgehead atoms. The van der Waals surface area contributed by atoms with Gasteiger partial charge in [-0.3, -0.25) is 10.2 Å². The van der Waals surface area contributed by atoms with Gasteiger partial charge in [0, 0.05) is 35.8 Å². The molecule has 1 atom stereocenters. The summed E-state index contributed by atoms with van der Waals surface area (Å²) in [5, 5.41) is 4.50. The van der Waals surface area contributed by atoms with Crippen LogP contribution >= 0.6 is 22.9 Å². The molecule has 2 aliphatic rings. The molecule has 0 radical (unpaired) electrons. The fraction of sp³-hybridized carbons (Fsp3) is 0.389. The molecule has 1 N–H and O–H groups in total. The largest absolute Gasteiger partial charge is 0.486 e. The number of benzene rings is 1. The number of hydrogen-bond donors (Lipinski definition) is 1. The van der Waals surface area contributed by atoms with Gasteiger partial charge in [0.1, 0.15) is 0 Å². The number of thiazole rings is 1. The lowest BCUT2D eigenvalue weighted by Gasteiger charge is -2.25. The number of halogens is 1. The van der Waals surface area contributed by atoms with Crippen LogP contribution in [0.2, 0.25) is 5.02 Å². The van der Waals surface area contributed by atoms with E-state index in [9.17, 15) is 9.59 Å². The Morgan fingerprint density at radius 3 is 2.86 bits per heavy atom. The molecule has 148 valence electrons. The van der Waals surface area contributed by atoms with Crippen LogP contribution in [-0.4, -0.2) is 55.9 Å². The van der Waals surface area contributed by atoms with Gasteiger partial charge in [-0.15, -0.1) is 0 Å². The summed E-state index contributed by atoms with van der Waals surface area (Å²) in [5.41, 5.74) is 1.39. The molecule has 4 rings (SSSR count). The third kappa shape index (κ3) is 3.14. The number of hydrogen-bond acceptors (Lipinski definition) is 6. The summed E-state index contributed by atoms with van der Waals surface area (Å²) in [7, 11) is 2.92. The standard InChI is InChI=1S/C18H19ClN4O4S/c1-26-14-8-20-15(28-14)21-16(24)23-10-18(5-6-22(9-18)17(25)27-2)12-7-11(19)3-4-13(12)23/h3-4,7-8H,5-6,9-10H2,1-2H3,(H,20,21,24). The highest BCUT2D eigenvalue weighted by Gasteiger charge is 2.50. The maximum atomic E-state index is 13.0. The Bertz CT molecular complexity index is 936. The summed E-state index contributed by atoms with van der Waals surface area (Å²) in [6.07, 6.45) is 1.92. The van der Waals surface area contributed by atoms with Crippen LogP contribution in [0.3, 0.4) is 0 Å². The van der Waals surface area contributed by atoms with E-state index < -0.39 is 0 Å². The summed E-state index contributed by atoms with van der Waals surface area (Å²) < 4.78 is 9.98. The van der Waals surface area contributed by atoms with E-state index >= 15 is 0 Å². The number of nitrogens with zero attached hydrogens (tertiary/aromatic N) is 3. The number of methoxy groups -OCH3 is 2. The van der Waals surface area contributed by atoms with Gasteiger partial charge in [0.2, 0.25) is 0 Å². The number of urea groups is 1. The maximum Gasteiger partial charge on any atom is 0.409 e. The van der Waals surface area contributed by atoms with Crippen molar-refractivity contribution in [2.45, 2.75) is 11.8 Å². The monoisotopic (exact) mass is 422 g/mol. The van der Waals surface area contributed by atoms with Crippen LogP contribution in [0.25, 0.3) is 0 Å². The molecule has 1 fully saturated rings. The highest BCUT2D eigenvalue weighted by Crippen LogP contribution is 2.47. The van der Waals surface area contributed by atoms with Crippen LogP contribution in [0.5, 0.6) is 5.06 Å². The second kappa shape index (κ2) is 7.14. The topological polar surface area (TPSA) is 84.0 Å². The van der Waals surface area contributed by atoms with Gasteiger partial charge < -0.3 is 14.4 Å². The van der Waals surface area contributed by atoms with Crippen LogP contribution in [0.15, 0.2) is 24.4 Å². The van der Waals surface area contributed by atoms with Gasteiger partial charge in [0.25, 0.3) is 0 Å². The Morgan fingerprint density at radius 1 is 1.32 bits per heavy atom. The van der Waals surface area contributed by atoms with E-state index in [1.165, 1.54) is 18.4 Å². The van der Waals surface area contributed by atoms with Crippen molar-refractivity contribution in [2.24, 2.45) is 0 Å². The minimum atomic E-state index is -0.369. The summed E-state index contributed by atoms with van der Waals surface area (Å²) >= 11 is 7.49. The minimum Gasteiger partial charge on any atom is -0.486 e. The lowest BCUT2D eigenvalue weighted by molar-refractivity contribution is 0.131. The van der Waals surface area contributed by atoms with Gasteiger partial charge >= 0.3 is 12.1 Å². The molecule has 3 amide bonds. The Hall–Kier alpha value is -2.52. The van der Waals surface area contributed by atoms with Gasteiger partial charge in [-0.1, -0.05) is 22.9 Å². The molecule has 1 aromatic carbocycles. The molecule has 28 heavy (non-hydrogen) atoms. The molecular weight excluding hydrogens is 404 g/mol. The highest BCUT2D eigenvalue weighted by atomic mass is 35.5. The zero-order valence-corrected chi connectivity index (χ0v) is 17.0. The number of rotatable bonds is 2. The van der Waals surface area contributed by atoms with Crippen molar-refractivity contribution in [3.8, 4) is 5.06 Å². The third-order valence-electron chi connectivity index (χ3n) is 5.21. The zero-order valence-electron chi connectivity index (χ0n) is 15.4. The van der Waals surface area contributed by atoms with Gasteiger partial charge in [0.15, 0.2) is 10.2 Å². The quantitative estimate of drug-likeness (QED) is 0.799. The minimum absolute atomic E-state index is 0.283. The molecule has 8 nitrogen and oxygen atoms in total. The van der Waals surface area contributed by atoms with E-state index in [1.807, 2.05) is 12.1 Å². The molecule has 0 aliphatic carbocycles. The zero-order chi connectivity index (χ0) is 19.9. The fourth-order valence-electron chi connectivity index (χ4n) is 3.90. The third-order valence-corrected chi connectivity index (χ3v) is 6.32. The van der Waals surface area contributed by atoms with Gasteiger partial charge in [-0.05, 0) is 30.2 Å². The van der Waals surface area contributed by atoms with Crippen LogP contribution in [0.1, 0.15) is 12.0 Å². The van der Waals surface area contributed by atoms with E-state index in [-0.39, 0.29) is 17.5 Å². The van der Waals surface area contributed by atoms with Crippen molar-refractivity contribution >= 4 is 45.9 Å². The second-order valence-electron chi connectivity index (χ2n) is 6.79. The average Bonchev–Trinajstić information content (AvgIpc) is 3.40. The van der Waals surface area contributed by atoms with E-state index in [0.29, 0.717) is 34.9 Å². The van der Waals surface area contributed by atoms with Gasteiger partial charge in [-0.2, -0.15) is 0 Å². The number of carbonyl (C=O) groups excluding carboxylic acids is 2. The van der Waals surface area contributed by atoms with Crippen molar-refractivity contribution < 1.29 is 19.1 Å². The molecule has 1 unspecified atom stereocenters. The smallest absolute Gasteiger partial charge is 0.409 e. The summed E-state index contributed by atoms with van der Waals surface area (Å²) in [6, 6.07) is 5.21. The van der Waals surface area contributed by atoms with E-state index in [4.69, 9.17) is 21.1 Å². The molecule has 10 heteroatoms. The van der Waals surface area contributed by atoms with Crippen LogP contribution < -0.4 is 15.0 Å². The predicted molar refractivity (Wildman–Crippen MR) is 107 cm³/mol. The Kier molecular flexibility index (Phi) is 4.80. The number of anilines is 2. The Labute approximate surface area is 171 Å². The number of aromatic nitrogens is 1. The molecule has 3 heterocycles. The average molecular weight is 423 g/mol. The van der Waals surface area contributed by atoms with Gasteiger partial charge in [0.05, 0.1) is 20.4 Å². The first-order valence-electron chi connectivity index (χ1n) is 8.67. The molecule has 2 aromatic rings. The van der Waals surface area contributed by atoms with Crippen molar-refractivity contribution in [3.05, 3.63) is 35.0 Å². The number of amides is 3. The lowest BCUT2D eigenvalue weighted by atomic mass is 9.81. The second-order valence-corrected chi connectivity index (χ2v) is 8.22. The Morgan fingerprint density at radius 2 is 2.14 bits per heavy atom. The number of carbonyl (C=O) groups is 2. The first kappa shape index (κ1) is 18.8. The molecule has 1 spiro atoms. The summed E-state index contributed by atoms with van der Waals surface area (Å²) in [5.74, 6) is 0.